The van der Waals surface area contributed by atoms with Crippen LogP contribution in [0.15, 0.2) is 11.6 Å². The highest BCUT2D eigenvalue weighted by Gasteiger charge is 2.28. The normalized spacial score (nSPS) is 14.8. The fourth-order valence-corrected chi connectivity index (χ4v) is 0.667. The quantitative estimate of drug-likeness (QED) is 0.430. The zero-order valence-corrected chi connectivity index (χ0v) is 8.29. The zero-order chi connectivity index (χ0) is 10.5. The van der Waals surface area contributed by atoms with E-state index in [2.05, 4.69) is 5.32 Å². The van der Waals surface area contributed by atoms with Crippen molar-refractivity contribution < 1.29 is 15.0 Å². The molecule has 76 valence electrons. The maximum atomic E-state index is 10.4. The van der Waals surface area contributed by atoms with E-state index in [1.54, 1.807) is 0 Å². The lowest BCUT2D eigenvalue weighted by Crippen LogP contribution is -2.44. The lowest BCUT2D eigenvalue weighted by atomic mass is 10.1. The number of aliphatic hydroxyl groups is 1. The third-order valence-electron chi connectivity index (χ3n) is 1.58. The molecule has 0 aliphatic heterocycles. The lowest BCUT2D eigenvalue weighted by Gasteiger charge is -2.17. The summed E-state index contributed by atoms with van der Waals surface area (Å²) in [5.74, 6) is -1.21. The van der Waals surface area contributed by atoms with Crippen LogP contribution in [0.4, 0.5) is 0 Å². The molecule has 0 aromatic rings. The van der Waals surface area contributed by atoms with Gasteiger partial charge in [-0.15, -0.1) is 0 Å². The number of rotatable bonds is 5. The first-order valence-electron chi connectivity index (χ1n) is 4.16. The number of nitrogens with one attached hydrogen (secondary N) is 1. The van der Waals surface area contributed by atoms with Gasteiger partial charge < -0.3 is 15.5 Å². The smallest absolute Gasteiger partial charge is 0.336 e. The van der Waals surface area contributed by atoms with Gasteiger partial charge in [-0.05, 0) is 20.8 Å². The molecule has 3 N–H and O–H groups in total. The molecular formula is C9H17NO3. The number of hydrogen-bond donors (Lipinski definition) is 3. The van der Waals surface area contributed by atoms with Gasteiger partial charge in [0, 0.05) is 13.1 Å². The molecule has 0 heterocycles. The van der Waals surface area contributed by atoms with E-state index in [0.717, 1.165) is 5.57 Å². The monoisotopic (exact) mass is 187 g/mol. The van der Waals surface area contributed by atoms with Crippen molar-refractivity contribution in [2.24, 2.45) is 0 Å². The number of carboxylic acids is 1. The minimum atomic E-state index is -1.69. The lowest BCUT2D eigenvalue weighted by molar-refractivity contribution is -0.156. The Morgan fingerprint density at radius 2 is 2.08 bits per heavy atom. The summed E-state index contributed by atoms with van der Waals surface area (Å²) in [6.45, 7) is 5.80. The molecule has 1 unspecified atom stereocenters. The van der Waals surface area contributed by atoms with Crippen LogP contribution in [0.25, 0.3) is 0 Å². The molecule has 0 saturated heterocycles. The maximum Gasteiger partial charge on any atom is 0.336 e. The maximum absolute atomic E-state index is 10.4. The molecule has 1 atom stereocenters. The van der Waals surface area contributed by atoms with E-state index >= 15 is 0 Å². The van der Waals surface area contributed by atoms with E-state index < -0.39 is 11.6 Å². The molecule has 0 aliphatic rings. The summed E-state index contributed by atoms with van der Waals surface area (Å²) in [6.07, 6.45) is 1.93. The molecule has 0 rings (SSSR count). The van der Waals surface area contributed by atoms with Crippen molar-refractivity contribution in [2.75, 3.05) is 13.1 Å². The minimum Gasteiger partial charge on any atom is -0.479 e. The van der Waals surface area contributed by atoms with Crippen LogP contribution in [0.5, 0.6) is 0 Å². The fraction of sp³-hybridized carbons (Fsp3) is 0.667. The number of allylic oxidation sites excluding steroid dienone is 1. The van der Waals surface area contributed by atoms with E-state index in [9.17, 15) is 9.90 Å². The Morgan fingerprint density at radius 1 is 1.54 bits per heavy atom. The summed E-state index contributed by atoms with van der Waals surface area (Å²) in [6, 6.07) is 0. The van der Waals surface area contributed by atoms with Crippen LogP contribution in [-0.4, -0.2) is 34.9 Å². The van der Waals surface area contributed by atoms with Crippen LogP contribution < -0.4 is 5.32 Å². The standard InChI is InChI=1S/C9H17NO3/c1-7(2)4-5-10-6-9(3,13)8(11)12/h4,10,13H,5-6H2,1-3H3,(H,11,12). The van der Waals surface area contributed by atoms with Crippen molar-refractivity contribution in [3.63, 3.8) is 0 Å². The van der Waals surface area contributed by atoms with Gasteiger partial charge in [-0.25, -0.2) is 4.79 Å². The van der Waals surface area contributed by atoms with Crippen LogP contribution in [0.3, 0.4) is 0 Å². The van der Waals surface area contributed by atoms with E-state index in [0.29, 0.717) is 6.54 Å². The third-order valence-corrected chi connectivity index (χ3v) is 1.58. The van der Waals surface area contributed by atoms with Crippen molar-refractivity contribution >= 4 is 5.97 Å². The van der Waals surface area contributed by atoms with Crippen molar-refractivity contribution in [1.82, 2.24) is 5.32 Å². The second-order valence-electron chi connectivity index (χ2n) is 3.49. The molecule has 13 heavy (non-hydrogen) atoms. The van der Waals surface area contributed by atoms with Gasteiger partial charge in [0.1, 0.15) is 0 Å². The number of aliphatic carboxylic acids is 1. The van der Waals surface area contributed by atoms with Crippen molar-refractivity contribution in [2.45, 2.75) is 26.4 Å². The van der Waals surface area contributed by atoms with Crippen molar-refractivity contribution in [3.05, 3.63) is 11.6 Å². The first kappa shape index (κ1) is 12.1. The predicted molar refractivity (Wildman–Crippen MR) is 50.6 cm³/mol. The summed E-state index contributed by atoms with van der Waals surface area (Å²) >= 11 is 0. The van der Waals surface area contributed by atoms with Gasteiger partial charge in [-0.3, -0.25) is 0 Å². The summed E-state index contributed by atoms with van der Waals surface area (Å²) in [5, 5.41) is 20.6. The second-order valence-corrected chi connectivity index (χ2v) is 3.49. The molecule has 0 aliphatic carbocycles. The van der Waals surface area contributed by atoms with Crippen LogP contribution in [0, 0.1) is 0 Å². The highest BCUT2D eigenvalue weighted by Crippen LogP contribution is 2.00. The molecule has 0 aromatic heterocycles. The summed E-state index contributed by atoms with van der Waals surface area (Å²) in [4.78, 5) is 10.4. The topological polar surface area (TPSA) is 69.6 Å². The van der Waals surface area contributed by atoms with Crippen molar-refractivity contribution in [3.8, 4) is 0 Å². The Balaban J connectivity index is 3.77. The van der Waals surface area contributed by atoms with Gasteiger partial charge in [0.15, 0.2) is 5.60 Å². The summed E-state index contributed by atoms with van der Waals surface area (Å²) < 4.78 is 0. The largest absolute Gasteiger partial charge is 0.479 e. The Morgan fingerprint density at radius 3 is 2.46 bits per heavy atom. The first-order chi connectivity index (χ1) is 5.86. The Hall–Kier alpha value is -0.870. The van der Waals surface area contributed by atoms with Gasteiger partial charge in [-0.1, -0.05) is 11.6 Å². The average molecular weight is 187 g/mol. The van der Waals surface area contributed by atoms with Gasteiger partial charge >= 0.3 is 5.97 Å². The molecule has 4 nitrogen and oxygen atoms in total. The highest BCUT2D eigenvalue weighted by molar-refractivity contribution is 5.76. The molecule has 4 heteroatoms. The molecule has 0 spiro atoms. The number of carbonyl (C=O) groups is 1. The molecular weight excluding hydrogens is 170 g/mol. The molecule has 0 amide bonds. The summed E-state index contributed by atoms with van der Waals surface area (Å²) in [7, 11) is 0. The van der Waals surface area contributed by atoms with Crippen LogP contribution in [0.1, 0.15) is 20.8 Å². The zero-order valence-electron chi connectivity index (χ0n) is 8.29. The average Bonchev–Trinajstić information content (AvgIpc) is 1.97. The molecule has 0 saturated carbocycles. The molecule has 0 fully saturated rings. The van der Waals surface area contributed by atoms with Crippen molar-refractivity contribution in [1.29, 1.82) is 0 Å². The first-order valence-corrected chi connectivity index (χ1v) is 4.16. The van der Waals surface area contributed by atoms with Crippen LogP contribution in [0.2, 0.25) is 0 Å². The van der Waals surface area contributed by atoms with Gasteiger partial charge in [0.05, 0.1) is 0 Å². The SMILES string of the molecule is CC(C)=CCNCC(C)(O)C(=O)O. The minimum absolute atomic E-state index is 0.0477. The predicted octanol–water partition coefficient (Wildman–Crippen LogP) is 0.378. The molecule has 0 radical (unpaired) electrons. The van der Waals surface area contributed by atoms with Gasteiger partial charge in [0.25, 0.3) is 0 Å². The Bertz CT molecular complexity index is 205. The van der Waals surface area contributed by atoms with Gasteiger partial charge in [-0.2, -0.15) is 0 Å². The summed E-state index contributed by atoms with van der Waals surface area (Å²) in [5.41, 5.74) is -0.530. The van der Waals surface area contributed by atoms with E-state index in [1.807, 2.05) is 19.9 Å². The number of carboxylic acid groups (broad SMARTS) is 1. The van der Waals surface area contributed by atoms with E-state index in [1.165, 1.54) is 6.92 Å². The Labute approximate surface area is 78.3 Å². The Kier molecular flexibility index (Phi) is 4.66. The van der Waals surface area contributed by atoms with Crippen LogP contribution >= 0.6 is 0 Å². The third kappa shape index (κ3) is 5.38. The van der Waals surface area contributed by atoms with Crippen LogP contribution in [-0.2, 0) is 4.79 Å². The highest BCUT2D eigenvalue weighted by atomic mass is 16.4. The number of hydrogen-bond acceptors (Lipinski definition) is 3. The van der Waals surface area contributed by atoms with E-state index in [-0.39, 0.29) is 6.54 Å². The second kappa shape index (κ2) is 4.99. The fourth-order valence-electron chi connectivity index (χ4n) is 0.667. The molecule has 0 aromatic carbocycles. The van der Waals surface area contributed by atoms with Gasteiger partial charge in [0.2, 0.25) is 0 Å². The molecule has 0 bridgehead atoms. The van der Waals surface area contributed by atoms with E-state index in [4.69, 9.17) is 5.11 Å².